The average molecular weight is 247 g/mol. The van der Waals surface area contributed by atoms with E-state index in [1.165, 1.54) is 0 Å². The second-order valence-electron chi connectivity index (χ2n) is 5.20. The summed E-state index contributed by atoms with van der Waals surface area (Å²) in [5.41, 5.74) is 5.07. The summed E-state index contributed by atoms with van der Waals surface area (Å²) in [4.78, 5) is 11.5. The van der Waals surface area contributed by atoms with Crippen LogP contribution in [0.4, 0.5) is 0 Å². The van der Waals surface area contributed by atoms with Crippen molar-refractivity contribution in [2.24, 2.45) is 5.73 Å². The second kappa shape index (κ2) is 6.50. The highest BCUT2D eigenvalue weighted by Crippen LogP contribution is 2.25. The number of nitrogens with two attached hydrogens (primary N) is 1. The predicted molar refractivity (Wildman–Crippen MR) is 70.7 cm³/mol. The van der Waals surface area contributed by atoms with Crippen LogP contribution in [0.3, 0.4) is 0 Å². The lowest BCUT2D eigenvalue weighted by molar-refractivity contribution is -0.149. The van der Waals surface area contributed by atoms with Gasteiger partial charge in [-0.3, -0.25) is 4.79 Å². The minimum Gasteiger partial charge on any atom is -0.465 e. The van der Waals surface area contributed by atoms with E-state index in [1.54, 1.807) is 13.8 Å². The zero-order chi connectivity index (χ0) is 12.8. The third-order valence-electron chi connectivity index (χ3n) is 2.12. The summed E-state index contributed by atoms with van der Waals surface area (Å²) in [6.07, 6.45) is 1.61. The van der Waals surface area contributed by atoms with Gasteiger partial charge in [-0.1, -0.05) is 20.8 Å². The summed E-state index contributed by atoms with van der Waals surface area (Å²) < 4.78 is 5.21. The van der Waals surface area contributed by atoms with Gasteiger partial charge in [0.1, 0.15) is 5.54 Å². The molecule has 0 fully saturated rings. The average Bonchev–Trinajstić information content (AvgIpc) is 2.11. The molecule has 1 atom stereocenters. The van der Waals surface area contributed by atoms with Gasteiger partial charge in [0.15, 0.2) is 0 Å². The molecule has 0 aromatic heterocycles. The molecule has 3 nitrogen and oxygen atoms in total. The first-order valence-electron chi connectivity index (χ1n) is 5.79. The Bertz CT molecular complexity index is 222. The van der Waals surface area contributed by atoms with Crippen LogP contribution in [0.5, 0.6) is 0 Å². The molecular formula is C12H25NO2S. The van der Waals surface area contributed by atoms with E-state index >= 15 is 0 Å². The topological polar surface area (TPSA) is 52.3 Å². The molecule has 96 valence electrons. The Kier molecular flexibility index (Phi) is 6.41. The highest BCUT2D eigenvalue weighted by Gasteiger charge is 2.29. The molecule has 1 unspecified atom stereocenters. The number of rotatable bonds is 6. The summed E-state index contributed by atoms with van der Waals surface area (Å²) >= 11 is 1.89. The van der Waals surface area contributed by atoms with Crippen molar-refractivity contribution in [2.45, 2.75) is 57.7 Å². The second-order valence-corrected chi connectivity index (χ2v) is 7.12. The van der Waals surface area contributed by atoms with Crippen molar-refractivity contribution in [2.75, 3.05) is 12.4 Å². The van der Waals surface area contributed by atoms with Crippen molar-refractivity contribution in [3.8, 4) is 0 Å². The Morgan fingerprint density at radius 3 is 2.31 bits per heavy atom. The molecule has 0 spiro atoms. The number of thioether (sulfide) groups is 1. The van der Waals surface area contributed by atoms with Crippen LogP contribution in [-0.2, 0) is 9.53 Å². The molecule has 0 radical (unpaired) electrons. The van der Waals surface area contributed by atoms with Gasteiger partial charge in [-0.15, -0.1) is 0 Å². The molecule has 0 amide bonds. The fraction of sp³-hybridized carbons (Fsp3) is 0.917. The van der Waals surface area contributed by atoms with Gasteiger partial charge >= 0.3 is 5.97 Å². The summed E-state index contributed by atoms with van der Waals surface area (Å²) in [6.45, 7) is 10.5. The fourth-order valence-electron chi connectivity index (χ4n) is 1.22. The Morgan fingerprint density at radius 1 is 1.31 bits per heavy atom. The maximum atomic E-state index is 11.5. The van der Waals surface area contributed by atoms with Gasteiger partial charge < -0.3 is 10.5 Å². The van der Waals surface area contributed by atoms with Crippen molar-refractivity contribution >= 4 is 17.7 Å². The molecular weight excluding hydrogens is 222 g/mol. The van der Waals surface area contributed by atoms with E-state index in [-0.39, 0.29) is 10.7 Å². The lowest BCUT2D eigenvalue weighted by atomic mass is 9.98. The normalized spacial score (nSPS) is 15.6. The van der Waals surface area contributed by atoms with Gasteiger partial charge in [0.2, 0.25) is 0 Å². The van der Waals surface area contributed by atoms with Gasteiger partial charge in [0, 0.05) is 4.75 Å². The van der Waals surface area contributed by atoms with Gasteiger partial charge in [-0.2, -0.15) is 11.8 Å². The molecule has 16 heavy (non-hydrogen) atoms. The maximum Gasteiger partial charge on any atom is 0.325 e. The molecule has 0 saturated heterocycles. The molecule has 4 heteroatoms. The molecule has 2 N–H and O–H groups in total. The Morgan fingerprint density at radius 2 is 1.88 bits per heavy atom. The lowest BCUT2D eigenvalue weighted by Crippen LogP contribution is -2.46. The van der Waals surface area contributed by atoms with Crippen molar-refractivity contribution < 1.29 is 9.53 Å². The van der Waals surface area contributed by atoms with Crippen LogP contribution in [0.25, 0.3) is 0 Å². The molecule has 0 aromatic carbocycles. The smallest absolute Gasteiger partial charge is 0.325 e. The number of hydrogen-bond donors (Lipinski definition) is 1. The van der Waals surface area contributed by atoms with Crippen molar-refractivity contribution in [3.05, 3.63) is 0 Å². The molecule has 0 aliphatic rings. The maximum absolute atomic E-state index is 11.5. The van der Waals surface area contributed by atoms with Gasteiger partial charge in [-0.05, 0) is 32.4 Å². The van der Waals surface area contributed by atoms with Crippen LogP contribution in [0.2, 0.25) is 0 Å². The number of ether oxygens (including phenoxy) is 1. The van der Waals surface area contributed by atoms with E-state index < -0.39 is 5.54 Å². The van der Waals surface area contributed by atoms with Crippen molar-refractivity contribution in [3.63, 3.8) is 0 Å². The third-order valence-corrected chi connectivity index (χ3v) is 3.48. The molecule has 0 rings (SSSR count). The molecule has 0 aliphatic heterocycles. The van der Waals surface area contributed by atoms with Gasteiger partial charge in [0.05, 0.1) is 6.61 Å². The molecule has 0 aromatic rings. The zero-order valence-electron chi connectivity index (χ0n) is 11.1. The van der Waals surface area contributed by atoms with E-state index in [9.17, 15) is 4.79 Å². The van der Waals surface area contributed by atoms with Crippen LogP contribution < -0.4 is 5.73 Å². The van der Waals surface area contributed by atoms with Gasteiger partial charge in [0.25, 0.3) is 0 Å². The van der Waals surface area contributed by atoms with E-state index in [4.69, 9.17) is 10.5 Å². The minimum atomic E-state index is -0.839. The van der Waals surface area contributed by atoms with Crippen LogP contribution in [-0.4, -0.2) is 28.6 Å². The SMILES string of the molecule is CCOC(=O)C(C)(N)CCCSC(C)(C)C. The number of esters is 1. The molecule has 0 saturated carbocycles. The monoisotopic (exact) mass is 247 g/mol. The van der Waals surface area contributed by atoms with E-state index in [0.29, 0.717) is 13.0 Å². The standard InChI is InChI=1S/C12H25NO2S/c1-6-15-10(14)12(5,13)8-7-9-16-11(2,3)4/h6-9,13H2,1-5H3. The summed E-state index contributed by atoms with van der Waals surface area (Å²) in [6, 6.07) is 0. The Balaban J connectivity index is 3.87. The first-order valence-corrected chi connectivity index (χ1v) is 6.77. The number of hydrogen-bond acceptors (Lipinski definition) is 4. The summed E-state index contributed by atoms with van der Waals surface area (Å²) in [5.74, 6) is 0.728. The lowest BCUT2D eigenvalue weighted by Gasteiger charge is -2.23. The van der Waals surface area contributed by atoms with Crippen LogP contribution >= 0.6 is 11.8 Å². The highest BCUT2D eigenvalue weighted by atomic mass is 32.2. The first kappa shape index (κ1) is 15.8. The number of carbonyl (C=O) groups is 1. The first-order chi connectivity index (χ1) is 7.19. The van der Waals surface area contributed by atoms with Crippen LogP contribution in [0.15, 0.2) is 0 Å². The minimum absolute atomic E-state index is 0.273. The predicted octanol–water partition coefficient (Wildman–Crippen LogP) is 2.58. The highest BCUT2D eigenvalue weighted by molar-refractivity contribution is 8.00. The number of carbonyl (C=O) groups excluding carboxylic acids is 1. The van der Waals surface area contributed by atoms with Crippen molar-refractivity contribution in [1.82, 2.24) is 0 Å². The largest absolute Gasteiger partial charge is 0.465 e. The summed E-state index contributed by atoms with van der Waals surface area (Å²) in [7, 11) is 0. The zero-order valence-corrected chi connectivity index (χ0v) is 11.9. The van der Waals surface area contributed by atoms with Gasteiger partial charge in [-0.25, -0.2) is 0 Å². The molecule has 0 bridgehead atoms. The Labute approximate surface area is 103 Å². The van der Waals surface area contributed by atoms with E-state index in [1.807, 2.05) is 11.8 Å². The van der Waals surface area contributed by atoms with Crippen LogP contribution in [0, 0.1) is 0 Å². The quantitative estimate of drug-likeness (QED) is 0.579. The molecule has 0 aliphatic carbocycles. The fourth-order valence-corrected chi connectivity index (χ4v) is 2.12. The van der Waals surface area contributed by atoms with E-state index in [0.717, 1.165) is 12.2 Å². The third kappa shape index (κ3) is 7.12. The van der Waals surface area contributed by atoms with E-state index in [2.05, 4.69) is 20.8 Å². The molecule has 0 heterocycles. The summed E-state index contributed by atoms with van der Waals surface area (Å²) in [5, 5.41) is 0. The van der Waals surface area contributed by atoms with Crippen molar-refractivity contribution in [1.29, 1.82) is 0 Å². The Hall–Kier alpha value is -0.220. The van der Waals surface area contributed by atoms with Crippen LogP contribution in [0.1, 0.15) is 47.5 Å².